The maximum Gasteiger partial charge on any atom is 0.223 e. The third-order valence-electron chi connectivity index (χ3n) is 8.90. The van der Waals surface area contributed by atoms with Gasteiger partial charge in [0, 0.05) is 37.3 Å². The Kier molecular flexibility index (Phi) is 5.83. The number of fused-ring (bicyclic) bond motifs is 2. The predicted molar refractivity (Wildman–Crippen MR) is 149 cm³/mol. The molecule has 2 saturated heterocycles. The molecule has 6 nitrogen and oxygen atoms in total. The first-order chi connectivity index (χ1) is 18.7. The first kappa shape index (κ1) is 23.3. The average molecular weight is 507 g/mol. The molecule has 2 fully saturated rings. The molecule has 2 N–H and O–H groups in total. The van der Waals surface area contributed by atoms with Gasteiger partial charge in [-0.2, -0.15) is 0 Å². The van der Waals surface area contributed by atoms with Crippen LogP contribution in [-0.4, -0.2) is 34.7 Å². The van der Waals surface area contributed by atoms with Crippen LogP contribution >= 0.6 is 0 Å². The molecule has 0 saturated carbocycles. The number of nitrogens with zero attached hydrogens (tertiary/aromatic N) is 2. The maximum absolute atomic E-state index is 12.7. The number of rotatable bonds is 4. The summed E-state index contributed by atoms with van der Waals surface area (Å²) >= 11 is 0. The molecule has 4 aliphatic rings. The van der Waals surface area contributed by atoms with E-state index in [1.807, 2.05) is 0 Å². The average Bonchev–Trinajstić information content (AvgIpc) is 3.59. The summed E-state index contributed by atoms with van der Waals surface area (Å²) < 4.78 is 0. The molecule has 3 aromatic rings. The summed E-state index contributed by atoms with van der Waals surface area (Å²) in [4.78, 5) is 29.6. The molecule has 4 heterocycles. The first-order valence-corrected chi connectivity index (χ1v) is 14.1. The maximum atomic E-state index is 12.7. The molecule has 0 spiro atoms. The minimum absolute atomic E-state index is 0.0985. The summed E-state index contributed by atoms with van der Waals surface area (Å²) in [5.41, 5.74) is 7.16. The number of carbonyl (C=O) groups is 2. The van der Waals surface area contributed by atoms with E-state index in [1.165, 1.54) is 22.3 Å². The normalized spacial score (nSPS) is 26.5. The third kappa shape index (κ3) is 4.03. The number of amides is 2. The lowest BCUT2D eigenvalue weighted by atomic mass is 9.85. The van der Waals surface area contributed by atoms with Gasteiger partial charge >= 0.3 is 0 Å². The predicted octanol–water partition coefficient (Wildman–Crippen LogP) is 6.13. The Labute approximate surface area is 224 Å². The number of benzene rings is 3. The van der Waals surface area contributed by atoms with E-state index in [0.717, 1.165) is 50.1 Å². The summed E-state index contributed by atoms with van der Waals surface area (Å²) in [6, 6.07) is 26.2. The van der Waals surface area contributed by atoms with Crippen LogP contribution in [0.1, 0.15) is 84.9 Å². The fraction of sp³-hybridized carbons (Fsp3) is 0.375. The largest absolute Gasteiger partial charge is 0.378 e. The molecule has 7 rings (SSSR count). The van der Waals surface area contributed by atoms with Crippen molar-refractivity contribution in [3.8, 4) is 0 Å². The standard InChI is InChI=1S/C32H34N4O2/c37-31-14-6-16-35(31)29-19-27(33-25-12-3-1-10-23(25)29)21-8-5-9-22(18-21)28-20-30(36-17-7-15-32(36)38)24-11-2-4-13-26(24)34-28/h1-5,8-13,18,27-30,33-34H,6-7,14-17,19-20H2. The molecule has 0 bridgehead atoms. The minimum Gasteiger partial charge on any atom is -0.378 e. The lowest BCUT2D eigenvalue weighted by Crippen LogP contribution is -2.36. The van der Waals surface area contributed by atoms with Gasteiger partial charge in [0.1, 0.15) is 0 Å². The van der Waals surface area contributed by atoms with Gasteiger partial charge in [-0.25, -0.2) is 0 Å². The van der Waals surface area contributed by atoms with Gasteiger partial charge in [-0.3, -0.25) is 9.59 Å². The van der Waals surface area contributed by atoms with Crippen LogP contribution in [0.3, 0.4) is 0 Å². The molecule has 194 valence electrons. The van der Waals surface area contributed by atoms with E-state index in [4.69, 9.17) is 0 Å². The van der Waals surface area contributed by atoms with Crippen molar-refractivity contribution in [1.29, 1.82) is 0 Å². The SMILES string of the molecule is O=C1CCCN1C1CC(c2cccc(C3CC(N4CCCC4=O)c4ccccc4N3)c2)Nc2ccccc21. The van der Waals surface area contributed by atoms with Gasteiger partial charge in [-0.15, -0.1) is 0 Å². The Hall–Kier alpha value is -3.80. The zero-order chi connectivity index (χ0) is 25.6. The fourth-order valence-corrected chi connectivity index (χ4v) is 7.05. The van der Waals surface area contributed by atoms with E-state index < -0.39 is 0 Å². The van der Waals surface area contributed by atoms with E-state index in [9.17, 15) is 9.59 Å². The molecule has 6 heteroatoms. The Morgan fingerprint density at radius 1 is 0.605 bits per heavy atom. The number of likely N-dealkylation sites (tertiary alicyclic amines) is 2. The van der Waals surface area contributed by atoms with Crippen LogP contribution in [0.25, 0.3) is 0 Å². The topological polar surface area (TPSA) is 64.7 Å². The van der Waals surface area contributed by atoms with Gasteiger partial charge in [0.05, 0.1) is 24.2 Å². The molecular formula is C32H34N4O2. The number of nitrogens with one attached hydrogen (secondary N) is 2. The zero-order valence-corrected chi connectivity index (χ0v) is 21.6. The summed E-state index contributed by atoms with van der Waals surface area (Å²) in [5, 5.41) is 7.55. The van der Waals surface area contributed by atoms with Crippen LogP contribution in [-0.2, 0) is 9.59 Å². The Morgan fingerprint density at radius 3 is 1.53 bits per heavy atom. The van der Waals surface area contributed by atoms with Crippen LogP contribution in [0.15, 0.2) is 72.8 Å². The molecule has 0 aliphatic carbocycles. The van der Waals surface area contributed by atoms with Gasteiger partial charge in [-0.1, -0.05) is 60.7 Å². The molecular weight excluding hydrogens is 472 g/mol. The molecule has 0 radical (unpaired) electrons. The Bertz CT molecular complexity index is 1290. The van der Waals surface area contributed by atoms with Crippen LogP contribution < -0.4 is 10.6 Å². The van der Waals surface area contributed by atoms with Crippen molar-refractivity contribution in [1.82, 2.24) is 9.80 Å². The van der Waals surface area contributed by atoms with Gasteiger partial charge in [0.25, 0.3) is 0 Å². The summed E-state index contributed by atoms with van der Waals surface area (Å²) in [5.74, 6) is 0.540. The lowest BCUT2D eigenvalue weighted by Gasteiger charge is -2.39. The van der Waals surface area contributed by atoms with Crippen molar-refractivity contribution < 1.29 is 9.59 Å². The second-order valence-corrected chi connectivity index (χ2v) is 11.1. The molecule has 4 unspecified atom stereocenters. The molecule has 38 heavy (non-hydrogen) atoms. The van der Waals surface area contributed by atoms with Gasteiger partial charge in [0.2, 0.25) is 11.8 Å². The summed E-state index contributed by atoms with van der Waals surface area (Å²) in [6.45, 7) is 1.68. The highest BCUT2D eigenvalue weighted by atomic mass is 16.2. The molecule has 4 atom stereocenters. The number of anilines is 2. The van der Waals surface area contributed by atoms with E-state index in [0.29, 0.717) is 12.8 Å². The monoisotopic (exact) mass is 506 g/mol. The van der Waals surface area contributed by atoms with Crippen LogP contribution in [0.2, 0.25) is 0 Å². The number of hydrogen-bond donors (Lipinski definition) is 2. The van der Waals surface area contributed by atoms with Crippen molar-refractivity contribution in [2.24, 2.45) is 0 Å². The Morgan fingerprint density at radius 2 is 1.08 bits per heavy atom. The molecule has 4 aliphatic heterocycles. The van der Waals surface area contributed by atoms with E-state index in [1.54, 1.807) is 0 Å². The Balaban J connectivity index is 1.19. The van der Waals surface area contributed by atoms with E-state index >= 15 is 0 Å². The highest BCUT2D eigenvalue weighted by Crippen LogP contribution is 2.46. The summed E-state index contributed by atoms with van der Waals surface area (Å²) in [7, 11) is 0. The second kappa shape index (κ2) is 9.50. The number of carbonyl (C=O) groups excluding carboxylic acids is 2. The first-order valence-electron chi connectivity index (χ1n) is 14.1. The van der Waals surface area contributed by atoms with Crippen LogP contribution in [0.4, 0.5) is 11.4 Å². The number of para-hydroxylation sites is 2. The van der Waals surface area contributed by atoms with Crippen molar-refractivity contribution in [2.45, 2.75) is 62.7 Å². The van der Waals surface area contributed by atoms with Crippen molar-refractivity contribution >= 4 is 23.2 Å². The van der Waals surface area contributed by atoms with Crippen molar-refractivity contribution in [3.63, 3.8) is 0 Å². The smallest absolute Gasteiger partial charge is 0.223 e. The lowest BCUT2D eigenvalue weighted by molar-refractivity contribution is -0.130. The molecule has 2 amide bonds. The van der Waals surface area contributed by atoms with E-state index in [-0.39, 0.29) is 36.0 Å². The second-order valence-electron chi connectivity index (χ2n) is 11.1. The molecule has 3 aromatic carbocycles. The van der Waals surface area contributed by atoms with Crippen LogP contribution in [0.5, 0.6) is 0 Å². The van der Waals surface area contributed by atoms with Crippen molar-refractivity contribution in [3.05, 3.63) is 95.1 Å². The zero-order valence-electron chi connectivity index (χ0n) is 21.6. The van der Waals surface area contributed by atoms with Crippen molar-refractivity contribution in [2.75, 3.05) is 23.7 Å². The number of hydrogen-bond acceptors (Lipinski definition) is 4. The highest BCUT2D eigenvalue weighted by Gasteiger charge is 2.37. The van der Waals surface area contributed by atoms with Crippen LogP contribution in [0, 0.1) is 0 Å². The van der Waals surface area contributed by atoms with Gasteiger partial charge in [-0.05, 0) is 60.1 Å². The van der Waals surface area contributed by atoms with Gasteiger partial charge < -0.3 is 20.4 Å². The van der Waals surface area contributed by atoms with Gasteiger partial charge in [0.15, 0.2) is 0 Å². The highest BCUT2D eigenvalue weighted by molar-refractivity contribution is 5.80. The van der Waals surface area contributed by atoms with E-state index in [2.05, 4.69) is 93.2 Å². The third-order valence-corrected chi connectivity index (χ3v) is 8.90. The quantitative estimate of drug-likeness (QED) is 0.447. The summed E-state index contributed by atoms with van der Waals surface area (Å²) in [6.07, 6.45) is 4.92. The molecule has 0 aromatic heterocycles. The minimum atomic E-state index is 0.0985. The fourth-order valence-electron chi connectivity index (χ4n) is 7.05.